The van der Waals surface area contributed by atoms with E-state index in [0.717, 1.165) is 0 Å². The van der Waals surface area contributed by atoms with Crippen LogP contribution in [0.4, 0.5) is 18.9 Å². The third-order valence-corrected chi connectivity index (χ3v) is 5.56. The Bertz CT molecular complexity index is 1490. The molecule has 0 spiro atoms. The van der Waals surface area contributed by atoms with E-state index in [1.54, 1.807) is 57.2 Å². The molecule has 0 bridgehead atoms. The van der Waals surface area contributed by atoms with E-state index < -0.39 is 34.9 Å². The van der Waals surface area contributed by atoms with Crippen molar-refractivity contribution >= 4 is 22.6 Å². The minimum Gasteiger partial charge on any atom is -0.476 e. The quantitative estimate of drug-likeness (QED) is 0.344. The van der Waals surface area contributed by atoms with Gasteiger partial charge in [0.2, 0.25) is 5.43 Å². The van der Waals surface area contributed by atoms with Gasteiger partial charge < -0.3 is 14.8 Å². The van der Waals surface area contributed by atoms with Gasteiger partial charge in [0, 0.05) is 16.8 Å². The average Bonchev–Trinajstić information content (AvgIpc) is 2.79. The molecule has 2 aromatic carbocycles. The summed E-state index contributed by atoms with van der Waals surface area (Å²) < 4.78 is 47.8. The van der Waals surface area contributed by atoms with Gasteiger partial charge in [0.25, 0.3) is 0 Å². The van der Waals surface area contributed by atoms with E-state index in [1.165, 1.54) is 18.2 Å². The number of alkyl halides is 3. The number of carboxylic acids is 1. The number of rotatable bonds is 5. The van der Waals surface area contributed by atoms with Crippen LogP contribution >= 0.6 is 0 Å². The number of hydrogen-bond acceptors (Lipinski definition) is 5. The van der Waals surface area contributed by atoms with Crippen molar-refractivity contribution < 1.29 is 27.5 Å². The van der Waals surface area contributed by atoms with Crippen LogP contribution in [0.1, 0.15) is 45.8 Å². The van der Waals surface area contributed by atoms with Crippen LogP contribution in [-0.2, 0) is 6.18 Å². The second-order valence-electron chi connectivity index (χ2n) is 8.25. The molecule has 0 radical (unpaired) electrons. The highest BCUT2D eigenvalue weighted by Gasteiger charge is 2.39. The average molecular weight is 482 g/mol. The lowest BCUT2D eigenvalue weighted by Gasteiger charge is -2.20. The lowest BCUT2D eigenvalue weighted by atomic mass is 9.98. The molecule has 35 heavy (non-hydrogen) atoms. The van der Waals surface area contributed by atoms with E-state index in [0.29, 0.717) is 16.8 Å². The van der Waals surface area contributed by atoms with Crippen LogP contribution in [0.15, 0.2) is 63.8 Å². The number of halogens is 3. The van der Waals surface area contributed by atoms with Crippen LogP contribution in [0.5, 0.6) is 0 Å². The van der Waals surface area contributed by atoms with Crippen molar-refractivity contribution in [3.63, 3.8) is 0 Å². The number of hydrogen-bond donors (Lipinski definition) is 2. The van der Waals surface area contributed by atoms with E-state index >= 15 is 0 Å². The Hall–Kier alpha value is -4.14. The Morgan fingerprint density at radius 2 is 1.77 bits per heavy atom. The van der Waals surface area contributed by atoms with Crippen molar-refractivity contribution in [3.8, 4) is 11.3 Å². The summed E-state index contributed by atoms with van der Waals surface area (Å²) in [5.41, 5.74) is -0.954. The number of anilines is 1. The number of benzene rings is 2. The van der Waals surface area contributed by atoms with Gasteiger partial charge in [-0.2, -0.15) is 13.2 Å². The fraction of sp³-hybridized carbons (Fsp3) is 0.192. The van der Waals surface area contributed by atoms with Gasteiger partial charge in [-0.25, -0.2) is 9.78 Å². The Kier molecular flexibility index (Phi) is 6.10. The molecule has 0 saturated heterocycles. The monoisotopic (exact) mass is 482 g/mol. The molecule has 4 rings (SSSR count). The number of aryl methyl sites for hydroxylation is 2. The number of pyridine rings is 1. The number of carbonyl (C=O) groups is 1. The topological polar surface area (TPSA) is 92.4 Å². The van der Waals surface area contributed by atoms with E-state index in [2.05, 4.69) is 10.3 Å². The first kappa shape index (κ1) is 24.0. The first-order chi connectivity index (χ1) is 16.5. The summed E-state index contributed by atoms with van der Waals surface area (Å²) in [6.45, 7) is 5.01. The van der Waals surface area contributed by atoms with Crippen molar-refractivity contribution in [2.75, 3.05) is 5.32 Å². The molecular weight excluding hydrogens is 461 g/mol. The SMILES string of the molecule is Cc1cc([C@@H](C)Nc2ccc(C)nc2C(=O)O)c2oc(-c3ccccc3)c(C(F)(F)F)c(=O)c2c1. The molecular formula is C26H21F3N2O4. The summed E-state index contributed by atoms with van der Waals surface area (Å²) in [5, 5.41) is 12.4. The summed E-state index contributed by atoms with van der Waals surface area (Å²) in [4.78, 5) is 28.9. The third kappa shape index (κ3) is 4.62. The van der Waals surface area contributed by atoms with Gasteiger partial charge in [-0.05, 0) is 44.5 Å². The minimum absolute atomic E-state index is 0.00982. The molecule has 0 amide bonds. The molecule has 2 N–H and O–H groups in total. The Balaban J connectivity index is 1.96. The van der Waals surface area contributed by atoms with Crippen LogP contribution < -0.4 is 10.7 Å². The standard InChI is InChI=1S/C26H21F3N2O4/c1-13-11-17(15(3)31-19-10-9-14(2)30-21(19)25(33)34)24-18(12-13)22(32)20(26(27,28)29)23(35-24)16-7-5-4-6-8-16/h4-12,15,31H,1-3H3,(H,33,34)/t15-/m1/s1. The van der Waals surface area contributed by atoms with Gasteiger partial charge in [0.05, 0.1) is 17.1 Å². The molecule has 0 aliphatic heterocycles. The van der Waals surface area contributed by atoms with E-state index in [-0.39, 0.29) is 27.9 Å². The van der Waals surface area contributed by atoms with E-state index in [9.17, 15) is 27.9 Å². The highest BCUT2D eigenvalue weighted by atomic mass is 19.4. The van der Waals surface area contributed by atoms with Gasteiger partial charge in [0.15, 0.2) is 11.5 Å². The van der Waals surface area contributed by atoms with Gasteiger partial charge >= 0.3 is 12.1 Å². The Morgan fingerprint density at radius 1 is 1.09 bits per heavy atom. The second-order valence-corrected chi connectivity index (χ2v) is 8.25. The maximum absolute atomic E-state index is 14.0. The summed E-state index contributed by atoms with van der Waals surface area (Å²) in [5.74, 6) is -1.80. The molecule has 9 heteroatoms. The zero-order valence-electron chi connectivity index (χ0n) is 19.0. The van der Waals surface area contributed by atoms with Gasteiger partial charge in [-0.15, -0.1) is 0 Å². The van der Waals surface area contributed by atoms with Crippen molar-refractivity contribution in [1.82, 2.24) is 4.98 Å². The Morgan fingerprint density at radius 3 is 2.40 bits per heavy atom. The van der Waals surface area contributed by atoms with Crippen molar-refractivity contribution in [2.24, 2.45) is 0 Å². The smallest absolute Gasteiger partial charge is 0.423 e. The first-order valence-electron chi connectivity index (χ1n) is 10.7. The fourth-order valence-corrected chi connectivity index (χ4v) is 3.99. The highest BCUT2D eigenvalue weighted by Crippen LogP contribution is 2.38. The lowest BCUT2D eigenvalue weighted by Crippen LogP contribution is -2.22. The molecule has 1 atom stereocenters. The lowest BCUT2D eigenvalue weighted by molar-refractivity contribution is -0.138. The molecule has 0 unspecified atom stereocenters. The summed E-state index contributed by atoms with van der Waals surface area (Å²) in [7, 11) is 0. The number of nitrogens with one attached hydrogen (secondary N) is 1. The second kappa shape index (κ2) is 8.90. The van der Waals surface area contributed by atoms with E-state index in [4.69, 9.17) is 4.42 Å². The predicted molar refractivity (Wildman–Crippen MR) is 126 cm³/mol. The van der Waals surface area contributed by atoms with Crippen LogP contribution in [0, 0.1) is 13.8 Å². The van der Waals surface area contributed by atoms with Crippen LogP contribution in [0.2, 0.25) is 0 Å². The molecule has 2 heterocycles. The van der Waals surface area contributed by atoms with Gasteiger partial charge in [-0.3, -0.25) is 4.79 Å². The predicted octanol–water partition coefficient (Wildman–Crippen LogP) is 6.36. The van der Waals surface area contributed by atoms with Crippen LogP contribution in [0.3, 0.4) is 0 Å². The summed E-state index contributed by atoms with van der Waals surface area (Å²) in [6, 6.07) is 13.2. The molecule has 0 aliphatic rings. The van der Waals surface area contributed by atoms with Crippen molar-refractivity contribution in [3.05, 3.63) is 92.9 Å². The van der Waals surface area contributed by atoms with Gasteiger partial charge in [0.1, 0.15) is 11.1 Å². The number of nitrogens with zero attached hydrogens (tertiary/aromatic N) is 1. The minimum atomic E-state index is -4.93. The fourth-order valence-electron chi connectivity index (χ4n) is 3.99. The zero-order chi connectivity index (χ0) is 25.5. The molecule has 0 fully saturated rings. The van der Waals surface area contributed by atoms with Crippen molar-refractivity contribution in [1.29, 1.82) is 0 Å². The van der Waals surface area contributed by atoms with E-state index in [1.807, 2.05) is 0 Å². The summed E-state index contributed by atoms with van der Waals surface area (Å²) >= 11 is 0. The maximum atomic E-state index is 14.0. The largest absolute Gasteiger partial charge is 0.476 e. The molecule has 2 aromatic heterocycles. The maximum Gasteiger partial charge on any atom is 0.423 e. The zero-order valence-corrected chi connectivity index (χ0v) is 19.0. The molecule has 4 aromatic rings. The number of aromatic nitrogens is 1. The molecule has 6 nitrogen and oxygen atoms in total. The highest BCUT2D eigenvalue weighted by molar-refractivity contribution is 5.92. The Labute approximate surface area is 198 Å². The normalized spacial score (nSPS) is 12.5. The van der Waals surface area contributed by atoms with Crippen LogP contribution in [-0.4, -0.2) is 16.1 Å². The number of fused-ring (bicyclic) bond motifs is 1. The molecule has 0 saturated carbocycles. The summed E-state index contributed by atoms with van der Waals surface area (Å²) in [6.07, 6.45) is -4.93. The van der Waals surface area contributed by atoms with Gasteiger partial charge in [-0.1, -0.05) is 36.4 Å². The third-order valence-electron chi connectivity index (χ3n) is 5.56. The molecule has 0 aliphatic carbocycles. The number of aromatic carboxylic acids is 1. The first-order valence-corrected chi connectivity index (χ1v) is 10.7. The van der Waals surface area contributed by atoms with Crippen LogP contribution in [0.25, 0.3) is 22.3 Å². The van der Waals surface area contributed by atoms with Crippen molar-refractivity contribution in [2.45, 2.75) is 33.0 Å². The molecule has 180 valence electrons. The number of carboxylic acid groups (broad SMARTS) is 1.